The lowest BCUT2D eigenvalue weighted by Crippen LogP contribution is -2.05. The van der Waals surface area contributed by atoms with Crippen LogP contribution in [-0.4, -0.2) is 16.1 Å². The average Bonchev–Trinajstić information content (AvgIpc) is 2.16. The van der Waals surface area contributed by atoms with Crippen molar-refractivity contribution in [1.82, 2.24) is 4.98 Å². The van der Waals surface area contributed by atoms with E-state index in [4.69, 9.17) is 28.3 Å². The van der Waals surface area contributed by atoms with Crippen LogP contribution in [0.15, 0.2) is 6.20 Å². The van der Waals surface area contributed by atoms with Crippen molar-refractivity contribution in [3.8, 4) is 0 Å². The van der Waals surface area contributed by atoms with Gasteiger partial charge in [0.1, 0.15) is 5.69 Å². The second-order valence-corrected chi connectivity index (χ2v) is 3.23. The summed E-state index contributed by atoms with van der Waals surface area (Å²) in [7, 11) is 0. The number of alkyl halides is 3. The van der Waals surface area contributed by atoms with Gasteiger partial charge < -0.3 is 5.11 Å². The van der Waals surface area contributed by atoms with Crippen molar-refractivity contribution in [3.05, 3.63) is 28.0 Å². The maximum atomic E-state index is 12.4. The molecule has 1 rings (SSSR count). The highest BCUT2D eigenvalue weighted by Crippen LogP contribution is 2.30. The Labute approximate surface area is 93.6 Å². The van der Waals surface area contributed by atoms with Crippen LogP contribution in [0.3, 0.4) is 0 Å². The third-order valence-electron chi connectivity index (χ3n) is 1.71. The van der Waals surface area contributed by atoms with E-state index < -0.39 is 18.1 Å². The zero-order valence-electron chi connectivity index (χ0n) is 7.18. The highest BCUT2D eigenvalue weighted by Gasteiger charge is 2.21. The maximum absolute atomic E-state index is 12.4. The Morgan fingerprint density at radius 1 is 1.60 bits per heavy atom. The first kappa shape index (κ1) is 12.1. The van der Waals surface area contributed by atoms with Gasteiger partial charge in [0.25, 0.3) is 6.43 Å². The number of halogens is 4. The molecular formula is C8H5Cl2F2NO2. The fourth-order valence-electron chi connectivity index (χ4n) is 1.01. The van der Waals surface area contributed by atoms with Crippen LogP contribution in [0, 0.1) is 0 Å². The average molecular weight is 256 g/mol. The van der Waals surface area contributed by atoms with Crippen LogP contribution in [0.5, 0.6) is 0 Å². The van der Waals surface area contributed by atoms with Crippen LogP contribution in [0.4, 0.5) is 8.78 Å². The van der Waals surface area contributed by atoms with E-state index in [1.54, 1.807) is 0 Å². The Morgan fingerprint density at radius 2 is 2.20 bits per heavy atom. The topological polar surface area (TPSA) is 50.2 Å². The molecule has 0 fully saturated rings. The molecule has 0 saturated heterocycles. The van der Waals surface area contributed by atoms with E-state index in [1.165, 1.54) is 0 Å². The normalized spacial score (nSPS) is 10.7. The number of carboxylic acid groups (broad SMARTS) is 1. The van der Waals surface area contributed by atoms with Crippen molar-refractivity contribution in [2.24, 2.45) is 0 Å². The number of aromatic carboxylic acids is 1. The van der Waals surface area contributed by atoms with Crippen molar-refractivity contribution in [2.75, 3.05) is 0 Å². The van der Waals surface area contributed by atoms with Crippen molar-refractivity contribution in [3.63, 3.8) is 0 Å². The van der Waals surface area contributed by atoms with Gasteiger partial charge in [0.2, 0.25) is 0 Å². The van der Waals surface area contributed by atoms with Crippen LogP contribution in [0.1, 0.15) is 28.0 Å². The number of carboxylic acids is 1. The molecule has 0 radical (unpaired) electrons. The van der Waals surface area contributed by atoms with E-state index in [9.17, 15) is 13.6 Å². The highest BCUT2D eigenvalue weighted by molar-refractivity contribution is 6.35. The third kappa shape index (κ3) is 2.35. The number of aromatic nitrogens is 1. The molecule has 0 spiro atoms. The van der Waals surface area contributed by atoms with E-state index >= 15 is 0 Å². The number of pyridine rings is 1. The molecule has 0 unspecified atom stereocenters. The van der Waals surface area contributed by atoms with Crippen LogP contribution in [0.25, 0.3) is 0 Å². The van der Waals surface area contributed by atoms with E-state index in [2.05, 4.69) is 4.98 Å². The minimum atomic E-state index is -2.83. The molecule has 0 saturated carbocycles. The zero-order chi connectivity index (χ0) is 11.6. The van der Waals surface area contributed by atoms with Gasteiger partial charge in [0, 0.05) is 11.8 Å². The predicted octanol–water partition coefficient (Wildman–Crippen LogP) is 3.11. The molecule has 0 aliphatic heterocycles. The van der Waals surface area contributed by atoms with Crippen molar-refractivity contribution in [2.45, 2.75) is 12.3 Å². The van der Waals surface area contributed by atoms with Gasteiger partial charge >= 0.3 is 5.97 Å². The first-order chi connectivity index (χ1) is 6.99. The summed E-state index contributed by atoms with van der Waals surface area (Å²) < 4.78 is 24.8. The summed E-state index contributed by atoms with van der Waals surface area (Å²) >= 11 is 11.0. The first-order valence-electron chi connectivity index (χ1n) is 3.73. The van der Waals surface area contributed by atoms with Crippen molar-refractivity contribution < 1.29 is 18.7 Å². The molecule has 0 amide bonds. The number of hydrogen-bond acceptors (Lipinski definition) is 2. The molecule has 1 aromatic heterocycles. The van der Waals surface area contributed by atoms with Gasteiger partial charge in [-0.05, 0) is 0 Å². The summed E-state index contributed by atoms with van der Waals surface area (Å²) in [4.78, 5) is 13.9. The van der Waals surface area contributed by atoms with Gasteiger partial charge in [-0.15, -0.1) is 11.6 Å². The third-order valence-corrected chi connectivity index (χ3v) is 2.41. The molecule has 1 aromatic rings. The highest BCUT2D eigenvalue weighted by atomic mass is 35.5. The fraction of sp³-hybridized carbons (Fsp3) is 0.250. The van der Waals surface area contributed by atoms with Crippen LogP contribution >= 0.6 is 23.2 Å². The Hall–Kier alpha value is -0.940. The van der Waals surface area contributed by atoms with Crippen LogP contribution in [-0.2, 0) is 5.88 Å². The SMILES string of the molecule is O=C(O)c1cnc(C(F)F)c(CCl)c1Cl. The standard InChI is InChI=1S/C8H5Cl2F2NO2/c9-1-3-5(10)4(8(14)15)2-13-6(3)7(11)12/h2,7H,1H2,(H,14,15). The molecule has 1 N–H and O–H groups in total. The molecule has 0 aromatic carbocycles. The first-order valence-corrected chi connectivity index (χ1v) is 4.65. The summed E-state index contributed by atoms with van der Waals surface area (Å²) in [5.41, 5.74) is -1.06. The summed E-state index contributed by atoms with van der Waals surface area (Å²) in [6, 6.07) is 0. The van der Waals surface area contributed by atoms with Gasteiger partial charge in [0.05, 0.1) is 16.5 Å². The number of carbonyl (C=O) groups is 1. The van der Waals surface area contributed by atoms with Gasteiger partial charge in [-0.1, -0.05) is 11.6 Å². The summed E-state index contributed by atoms with van der Waals surface area (Å²) in [6.07, 6.45) is -2.04. The molecule has 3 nitrogen and oxygen atoms in total. The minimum absolute atomic E-state index is 0.145. The molecule has 7 heteroatoms. The number of hydrogen-bond donors (Lipinski definition) is 1. The monoisotopic (exact) mass is 255 g/mol. The molecular weight excluding hydrogens is 251 g/mol. The second kappa shape index (κ2) is 4.72. The van der Waals surface area contributed by atoms with Gasteiger partial charge in [-0.25, -0.2) is 13.6 Å². The molecule has 82 valence electrons. The molecule has 0 aliphatic carbocycles. The van der Waals surface area contributed by atoms with Crippen molar-refractivity contribution >= 4 is 29.2 Å². The Balaban J connectivity index is 3.39. The minimum Gasteiger partial charge on any atom is -0.478 e. The molecule has 0 atom stereocenters. The lowest BCUT2D eigenvalue weighted by molar-refractivity contribution is 0.0695. The second-order valence-electron chi connectivity index (χ2n) is 2.59. The van der Waals surface area contributed by atoms with E-state index in [-0.39, 0.29) is 22.0 Å². The van der Waals surface area contributed by atoms with E-state index in [0.29, 0.717) is 0 Å². The van der Waals surface area contributed by atoms with Crippen LogP contribution in [0.2, 0.25) is 5.02 Å². The summed E-state index contributed by atoms with van der Waals surface area (Å²) in [5.74, 6) is -1.65. The quantitative estimate of drug-likeness (QED) is 0.845. The fourth-order valence-corrected chi connectivity index (χ4v) is 1.64. The van der Waals surface area contributed by atoms with E-state index in [0.717, 1.165) is 6.20 Å². The molecule has 0 aliphatic rings. The lowest BCUT2D eigenvalue weighted by atomic mass is 10.1. The lowest BCUT2D eigenvalue weighted by Gasteiger charge is -2.08. The largest absolute Gasteiger partial charge is 0.478 e. The van der Waals surface area contributed by atoms with Gasteiger partial charge in [0.15, 0.2) is 0 Å². The number of nitrogens with zero attached hydrogens (tertiary/aromatic N) is 1. The summed E-state index contributed by atoms with van der Waals surface area (Å²) in [5, 5.41) is 8.37. The smallest absolute Gasteiger partial charge is 0.338 e. The molecule has 0 bridgehead atoms. The predicted molar refractivity (Wildman–Crippen MR) is 50.7 cm³/mol. The Morgan fingerprint density at radius 3 is 2.60 bits per heavy atom. The van der Waals surface area contributed by atoms with E-state index in [1.807, 2.05) is 0 Å². The maximum Gasteiger partial charge on any atom is 0.338 e. The molecule has 1 heterocycles. The Bertz CT molecular complexity index is 398. The number of rotatable bonds is 3. The Kier molecular flexibility index (Phi) is 3.82. The zero-order valence-corrected chi connectivity index (χ0v) is 8.69. The summed E-state index contributed by atoms with van der Waals surface area (Å²) in [6.45, 7) is 0. The van der Waals surface area contributed by atoms with Crippen molar-refractivity contribution in [1.29, 1.82) is 0 Å². The van der Waals surface area contributed by atoms with Gasteiger partial charge in [-0.3, -0.25) is 4.98 Å². The molecule has 15 heavy (non-hydrogen) atoms. The van der Waals surface area contributed by atoms with Gasteiger partial charge in [-0.2, -0.15) is 0 Å². The van der Waals surface area contributed by atoms with Crippen LogP contribution < -0.4 is 0 Å².